The number of allylic oxidation sites excluding steroid dienone is 7. The highest BCUT2D eigenvalue weighted by molar-refractivity contribution is 5.97. The second-order valence-corrected chi connectivity index (χ2v) is 5.59. The Balaban J connectivity index is 0.000000173. The summed E-state index contributed by atoms with van der Waals surface area (Å²) in [6, 6.07) is 0. The van der Waals surface area contributed by atoms with Crippen molar-refractivity contribution in [2.45, 2.75) is 26.2 Å². The molecule has 3 nitrogen and oxygen atoms in total. The third kappa shape index (κ3) is 4.05. The maximum absolute atomic E-state index is 11.2. The van der Waals surface area contributed by atoms with E-state index in [0.717, 1.165) is 23.5 Å². The molecule has 3 rings (SSSR count). The van der Waals surface area contributed by atoms with Crippen LogP contribution in [0.15, 0.2) is 48.1 Å². The molecule has 0 heterocycles. The molecule has 3 aliphatic rings. The molecular weight excluding hydrogens is 252 g/mol. The number of carbonyl (C=O) groups is 2. The number of carboxylic acids is 1. The van der Waals surface area contributed by atoms with Crippen LogP contribution in [0, 0.1) is 17.8 Å². The van der Waals surface area contributed by atoms with Crippen molar-refractivity contribution < 1.29 is 14.7 Å². The van der Waals surface area contributed by atoms with Crippen LogP contribution in [0.2, 0.25) is 0 Å². The van der Waals surface area contributed by atoms with E-state index in [9.17, 15) is 9.59 Å². The van der Waals surface area contributed by atoms with Gasteiger partial charge in [-0.05, 0) is 49.7 Å². The van der Waals surface area contributed by atoms with E-state index in [4.69, 9.17) is 5.11 Å². The van der Waals surface area contributed by atoms with E-state index >= 15 is 0 Å². The maximum Gasteiger partial charge on any atom is 0.328 e. The number of hydrogen-bond donors (Lipinski definition) is 1. The molecular formula is C17H20O3. The monoisotopic (exact) mass is 272 g/mol. The first-order valence-corrected chi connectivity index (χ1v) is 7.04. The van der Waals surface area contributed by atoms with Crippen molar-refractivity contribution in [3.05, 3.63) is 48.1 Å². The second kappa shape index (κ2) is 6.51. The van der Waals surface area contributed by atoms with E-state index in [1.807, 2.05) is 6.92 Å². The number of ketones is 1. The molecule has 1 N–H and O–H groups in total. The summed E-state index contributed by atoms with van der Waals surface area (Å²) in [5.41, 5.74) is 0.893. The Morgan fingerprint density at radius 1 is 1.25 bits per heavy atom. The fourth-order valence-electron chi connectivity index (χ4n) is 2.78. The van der Waals surface area contributed by atoms with Gasteiger partial charge in [-0.25, -0.2) is 4.79 Å². The summed E-state index contributed by atoms with van der Waals surface area (Å²) in [4.78, 5) is 21.4. The first-order chi connectivity index (χ1) is 9.54. The van der Waals surface area contributed by atoms with E-state index in [1.165, 1.54) is 31.4 Å². The van der Waals surface area contributed by atoms with Gasteiger partial charge in [-0.3, -0.25) is 4.79 Å². The van der Waals surface area contributed by atoms with Crippen LogP contribution in [-0.2, 0) is 9.59 Å². The van der Waals surface area contributed by atoms with E-state index in [0.29, 0.717) is 0 Å². The predicted octanol–water partition coefficient (Wildman–Crippen LogP) is 3.30. The van der Waals surface area contributed by atoms with Crippen LogP contribution in [-0.4, -0.2) is 16.9 Å². The summed E-state index contributed by atoms with van der Waals surface area (Å²) >= 11 is 0. The lowest BCUT2D eigenvalue weighted by Crippen LogP contribution is -2.10. The second-order valence-electron chi connectivity index (χ2n) is 5.59. The minimum absolute atomic E-state index is 0.0718. The number of rotatable bonds is 2. The minimum Gasteiger partial charge on any atom is -0.478 e. The van der Waals surface area contributed by atoms with Crippen LogP contribution in [0.25, 0.3) is 0 Å². The number of carboxylic acid groups (broad SMARTS) is 1. The van der Waals surface area contributed by atoms with Gasteiger partial charge in [-0.15, -0.1) is 0 Å². The van der Waals surface area contributed by atoms with Crippen LogP contribution in [0.4, 0.5) is 0 Å². The molecule has 3 unspecified atom stereocenters. The first-order valence-electron chi connectivity index (χ1n) is 7.04. The van der Waals surface area contributed by atoms with Gasteiger partial charge in [-0.1, -0.05) is 30.4 Å². The molecule has 2 bridgehead atoms. The average molecular weight is 272 g/mol. The third-order valence-electron chi connectivity index (χ3n) is 3.88. The van der Waals surface area contributed by atoms with Crippen molar-refractivity contribution >= 4 is 11.8 Å². The van der Waals surface area contributed by atoms with Crippen molar-refractivity contribution in [2.24, 2.45) is 17.8 Å². The van der Waals surface area contributed by atoms with Gasteiger partial charge in [0, 0.05) is 6.08 Å². The zero-order valence-electron chi connectivity index (χ0n) is 11.7. The summed E-state index contributed by atoms with van der Waals surface area (Å²) in [5, 5.41) is 8.34. The molecule has 1 fully saturated rings. The van der Waals surface area contributed by atoms with E-state index in [1.54, 1.807) is 12.2 Å². The summed E-state index contributed by atoms with van der Waals surface area (Å²) in [5.74, 6) is 0.458. The lowest BCUT2D eigenvalue weighted by Gasteiger charge is -2.07. The van der Waals surface area contributed by atoms with Gasteiger partial charge in [0.05, 0.1) is 5.92 Å². The normalized spacial score (nSPS) is 30.4. The van der Waals surface area contributed by atoms with Crippen molar-refractivity contribution in [3.8, 4) is 0 Å². The molecule has 3 heteroatoms. The summed E-state index contributed by atoms with van der Waals surface area (Å²) in [6.45, 7) is 1.82. The fraction of sp³-hybridized carbons (Fsp3) is 0.412. The predicted molar refractivity (Wildman–Crippen MR) is 78.1 cm³/mol. The number of aliphatic carboxylic acids is 1. The summed E-state index contributed by atoms with van der Waals surface area (Å²) in [6.07, 6.45) is 16.6. The molecule has 0 spiro atoms. The molecule has 0 radical (unpaired) electrons. The molecule has 0 amide bonds. The molecule has 0 saturated heterocycles. The fourth-order valence-corrected chi connectivity index (χ4v) is 2.78. The molecule has 20 heavy (non-hydrogen) atoms. The Morgan fingerprint density at radius 2 is 1.90 bits per heavy atom. The molecule has 0 aromatic heterocycles. The van der Waals surface area contributed by atoms with E-state index in [-0.39, 0.29) is 5.78 Å². The highest BCUT2D eigenvalue weighted by atomic mass is 16.4. The summed E-state index contributed by atoms with van der Waals surface area (Å²) in [7, 11) is 0. The zero-order chi connectivity index (χ0) is 14.5. The Morgan fingerprint density at radius 3 is 2.30 bits per heavy atom. The largest absolute Gasteiger partial charge is 0.478 e. The molecule has 3 aliphatic carbocycles. The Kier molecular flexibility index (Phi) is 4.72. The van der Waals surface area contributed by atoms with Crippen molar-refractivity contribution in [1.29, 1.82) is 0 Å². The lowest BCUT2D eigenvalue weighted by molar-refractivity contribution is -0.131. The number of hydrogen-bond acceptors (Lipinski definition) is 2. The topological polar surface area (TPSA) is 54.4 Å². The van der Waals surface area contributed by atoms with Crippen molar-refractivity contribution in [1.82, 2.24) is 0 Å². The highest BCUT2D eigenvalue weighted by Gasteiger charge is 2.25. The molecule has 1 saturated carbocycles. The third-order valence-corrected chi connectivity index (χ3v) is 3.88. The number of fused-ring (bicyclic) bond motifs is 2. The summed E-state index contributed by atoms with van der Waals surface area (Å²) < 4.78 is 0. The molecule has 106 valence electrons. The van der Waals surface area contributed by atoms with Gasteiger partial charge >= 0.3 is 5.97 Å². The Hall–Kier alpha value is -1.90. The minimum atomic E-state index is -1.03. The van der Waals surface area contributed by atoms with E-state index in [2.05, 4.69) is 12.2 Å². The number of carbonyl (C=O) groups excluding carboxylic acids is 1. The van der Waals surface area contributed by atoms with Gasteiger partial charge in [-0.2, -0.15) is 0 Å². The van der Waals surface area contributed by atoms with Crippen molar-refractivity contribution in [2.75, 3.05) is 0 Å². The van der Waals surface area contributed by atoms with Gasteiger partial charge in [0.2, 0.25) is 0 Å². The van der Waals surface area contributed by atoms with Gasteiger partial charge in [0.15, 0.2) is 5.78 Å². The molecule has 3 atom stereocenters. The van der Waals surface area contributed by atoms with Crippen molar-refractivity contribution in [3.63, 3.8) is 0 Å². The maximum atomic E-state index is 11.2. The molecule has 0 aromatic carbocycles. The SMILES string of the molecule is C1=CC2CCC1C2.CC1=CC(=O)C(C=CC(=O)O)C=C1. The quantitative estimate of drug-likeness (QED) is 0.620. The van der Waals surface area contributed by atoms with Gasteiger partial charge < -0.3 is 5.11 Å². The zero-order valence-corrected chi connectivity index (χ0v) is 11.7. The van der Waals surface area contributed by atoms with Crippen LogP contribution in [0.1, 0.15) is 26.2 Å². The standard InChI is InChI=1S/C10H10O3.C7H10/c1-7-2-3-8(9(11)6-7)4-5-10(12)13;1-2-7-4-3-6(1)5-7/h2-6,8H,1H3,(H,12,13);1-2,6-7H,3-5H2. The van der Waals surface area contributed by atoms with Crippen LogP contribution in [0.5, 0.6) is 0 Å². The van der Waals surface area contributed by atoms with Crippen LogP contribution in [0.3, 0.4) is 0 Å². The van der Waals surface area contributed by atoms with Crippen LogP contribution >= 0.6 is 0 Å². The highest BCUT2D eigenvalue weighted by Crippen LogP contribution is 2.38. The lowest BCUT2D eigenvalue weighted by atomic mass is 9.96. The smallest absolute Gasteiger partial charge is 0.328 e. The van der Waals surface area contributed by atoms with Gasteiger partial charge in [0.1, 0.15) is 0 Å². The Bertz CT molecular complexity index is 496. The molecule has 0 aliphatic heterocycles. The van der Waals surface area contributed by atoms with Gasteiger partial charge in [0.25, 0.3) is 0 Å². The molecule has 0 aromatic rings. The Labute approximate surface area is 119 Å². The van der Waals surface area contributed by atoms with Crippen LogP contribution < -0.4 is 0 Å². The first kappa shape index (κ1) is 14.5. The average Bonchev–Trinajstić information content (AvgIpc) is 3.03. The van der Waals surface area contributed by atoms with E-state index < -0.39 is 11.9 Å².